The van der Waals surface area contributed by atoms with Crippen LogP contribution in [0.15, 0.2) is 42.9 Å². The second-order valence-electron chi connectivity index (χ2n) is 3.29. The molecule has 0 N–H and O–H groups in total. The quantitative estimate of drug-likeness (QED) is 0.764. The molecule has 0 aliphatic carbocycles. The van der Waals surface area contributed by atoms with Gasteiger partial charge in [-0.2, -0.15) is 0 Å². The first kappa shape index (κ1) is 10.8. The fourth-order valence-electron chi connectivity index (χ4n) is 1.36. The molecule has 80 valence electrons. The highest BCUT2D eigenvalue weighted by atomic mass is 35.5. The van der Waals surface area contributed by atoms with Crippen molar-refractivity contribution in [1.29, 1.82) is 0 Å². The number of hydrogen-bond acceptors (Lipinski definition) is 3. The normalized spacial score (nSPS) is 10.1. The highest BCUT2D eigenvalue weighted by Gasteiger charge is 2.11. The van der Waals surface area contributed by atoms with Gasteiger partial charge >= 0.3 is 0 Å². The smallest absolute Gasteiger partial charge is 0.187 e. The molecule has 16 heavy (non-hydrogen) atoms. The Morgan fingerprint density at radius 3 is 2.62 bits per heavy atom. The van der Waals surface area contributed by atoms with Crippen LogP contribution in [0.4, 0.5) is 0 Å². The number of carbonyl (C=O) groups is 1. The van der Waals surface area contributed by atoms with Gasteiger partial charge in [-0.1, -0.05) is 11.6 Å². The molecule has 4 heteroatoms. The van der Waals surface area contributed by atoms with Gasteiger partial charge in [-0.3, -0.25) is 14.8 Å². The van der Waals surface area contributed by atoms with Gasteiger partial charge in [-0.25, -0.2) is 0 Å². The van der Waals surface area contributed by atoms with Crippen molar-refractivity contribution in [1.82, 2.24) is 9.97 Å². The molecule has 0 unspecified atom stereocenters. The number of pyridine rings is 2. The van der Waals surface area contributed by atoms with Crippen LogP contribution >= 0.6 is 11.6 Å². The van der Waals surface area contributed by atoms with E-state index in [1.807, 2.05) is 0 Å². The van der Waals surface area contributed by atoms with E-state index in [2.05, 4.69) is 9.97 Å². The number of rotatable bonds is 3. The van der Waals surface area contributed by atoms with E-state index in [9.17, 15) is 4.79 Å². The largest absolute Gasteiger partial charge is 0.292 e. The standard InChI is InChI=1S/C12H9ClN2O/c13-10-2-1-5-15-12(10)11(16)8-9-3-6-14-7-4-9/h1-7H,8H2. The zero-order chi connectivity index (χ0) is 11.4. The molecule has 0 aliphatic rings. The van der Waals surface area contributed by atoms with Gasteiger partial charge in [0.2, 0.25) is 0 Å². The third-order valence-electron chi connectivity index (χ3n) is 2.14. The van der Waals surface area contributed by atoms with Gasteiger partial charge in [0.25, 0.3) is 0 Å². The summed E-state index contributed by atoms with van der Waals surface area (Å²) in [6, 6.07) is 6.96. The first-order valence-electron chi connectivity index (χ1n) is 4.80. The first-order chi connectivity index (χ1) is 7.77. The van der Waals surface area contributed by atoms with Gasteiger partial charge in [0.05, 0.1) is 5.02 Å². The van der Waals surface area contributed by atoms with E-state index in [1.165, 1.54) is 0 Å². The highest BCUT2D eigenvalue weighted by molar-refractivity contribution is 6.33. The maximum Gasteiger partial charge on any atom is 0.187 e. The Kier molecular flexibility index (Phi) is 3.27. The summed E-state index contributed by atoms with van der Waals surface area (Å²) in [5.74, 6) is -0.0863. The Morgan fingerprint density at radius 2 is 1.94 bits per heavy atom. The van der Waals surface area contributed by atoms with E-state index in [-0.39, 0.29) is 5.78 Å². The molecule has 0 spiro atoms. The molecule has 3 nitrogen and oxygen atoms in total. The predicted molar refractivity (Wildman–Crippen MR) is 61.5 cm³/mol. The maximum atomic E-state index is 11.9. The van der Waals surface area contributed by atoms with Crippen LogP contribution in [0.25, 0.3) is 0 Å². The minimum absolute atomic E-state index is 0.0863. The van der Waals surface area contributed by atoms with Crippen LogP contribution in [0, 0.1) is 0 Å². The number of aromatic nitrogens is 2. The minimum Gasteiger partial charge on any atom is -0.292 e. The van der Waals surface area contributed by atoms with Crippen LogP contribution in [0.1, 0.15) is 16.1 Å². The molecule has 0 bridgehead atoms. The van der Waals surface area contributed by atoms with Crippen molar-refractivity contribution in [2.24, 2.45) is 0 Å². The summed E-state index contributed by atoms with van der Waals surface area (Å²) in [6.45, 7) is 0. The summed E-state index contributed by atoms with van der Waals surface area (Å²) >= 11 is 5.89. The molecule has 2 aromatic rings. The van der Waals surface area contributed by atoms with Crippen molar-refractivity contribution in [3.05, 3.63) is 59.1 Å². The number of nitrogens with zero attached hydrogens (tertiary/aromatic N) is 2. The molecule has 2 rings (SSSR count). The lowest BCUT2D eigenvalue weighted by Gasteiger charge is -2.01. The predicted octanol–water partition coefficient (Wildman–Crippen LogP) is 2.56. The maximum absolute atomic E-state index is 11.9. The van der Waals surface area contributed by atoms with Crippen molar-refractivity contribution < 1.29 is 4.79 Å². The lowest BCUT2D eigenvalue weighted by molar-refractivity contribution is 0.0988. The fourth-order valence-corrected chi connectivity index (χ4v) is 1.59. The second kappa shape index (κ2) is 4.86. The van der Waals surface area contributed by atoms with E-state index < -0.39 is 0 Å². The zero-order valence-electron chi connectivity index (χ0n) is 8.43. The summed E-state index contributed by atoms with van der Waals surface area (Å²) in [5.41, 5.74) is 1.22. The number of Topliss-reactive ketones (excluding diaryl/α,β-unsaturated/α-hetero) is 1. The molecule has 0 atom stereocenters. The monoisotopic (exact) mass is 232 g/mol. The van der Waals surface area contributed by atoms with Crippen LogP contribution in [0.2, 0.25) is 5.02 Å². The Morgan fingerprint density at radius 1 is 1.19 bits per heavy atom. The van der Waals surface area contributed by atoms with Crippen LogP contribution < -0.4 is 0 Å². The number of halogens is 1. The Hall–Kier alpha value is -1.74. The van der Waals surface area contributed by atoms with Crippen molar-refractivity contribution in [2.45, 2.75) is 6.42 Å². The van der Waals surface area contributed by atoms with Gasteiger partial charge in [0.1, 0.15) is 5.69 Å². The summed E-state index contributed by atoms with van der Waals surface area (Å²) in [7, 11) is 0. The first-order valence-corrected chi connectivity index (χ1v) is 5.18. The van der Waals surface area contributed by atoms with Crippen molar-refractivity contribution in [2.75, 3.05) is 0 Å². The Balaban J connectivity index is 2.19. The highest BCUT2D eigenvalue weighted by Crippen LogP contribution is 2.14. The van der Waals surface area contributed by atoms with Crippen molar-refractivity contribution in [3.63, 3.8) is 0 Å². The Labute approximate surface area is 98.1 Å². The SMILES string of the molecule is O=C(Cc1ccncc1)c1ncccc1Cl. The average Bonchev–Trinajstić information content (AvgIpc) is 2.31. The van der Waals surface area contributed by atoms with E-state index >= 15 is 0 Å². The molecule has 0 aromatic carbocycles. The fraction of sp³-hybridized carbons (Fsp3) is 0.0833. The van der Waals surface area contributed by atoms with E-state index in [0.717, 1.165) is 5.56 Å². The van der Waals surface area contributed by atoms with E-state index in [0.29, 0.717) is 17.1 Å². The molecule has 0 amide bonds. The van der Waals surface area contributed by atoms with E-state index in [4.69, 9.17) is 11.6 Å². The average molecular weight is 233 g/mol. The molecule has 0 saturated carbocycles. The van der Waals surface area contributed by atoms with Crippen LogP contribution in [0.5, 0.6) is 0 Å². The summed E-state index contributed by atoms with van der Waals surface area (Å²) in [4.78, 5) is 19.7. The van der Waals surface area contributed by atoms with Crippen molar-refractivity contribution >= 4 is 17.4 Å². The van der Waals surface area contributed by atoms with Gasteiger partial charge < -0.3 is 0 Å². The van der Waals surface area contributed by atoms with Crippen LogP contribution in [-0.2, 0) is 6.42 Å². The van der Waals surface area contributed by atoms with Crippen LogP contribution in [0.3, 0.4) is 0 Å². The molecule has 0 fully saturated rings. The van der Waals surface area contributed by atoms with E-state index in [1.54, 1.807) is 42.9 Å². The molecule has 0 radical (unpaired) electrons. The molecule has 0 saturated heterocycles. The van der Waals surface area contributed by atoms with Crippen molar-refractivity contribution in [3.8, 4) is 0 Å². The number of hydrogen-bond donors (Lipinski definition) is 0. The third-order valence-corrected chi connectivity index (χ3v) is 2.44. The van der Waals surface area contributed by atoms with Gasteiger partial charge in [0.15, 0.2) is 5.78 Å². The third kappa shape index (κ3) is 2.44. The number of carbonyl (C=O) groups excluding carboxylic acids is 1. The lowest BCUT2D eigenvalue weighted by atomic mass is 10.1. The molecule has 2 heterocycles. The summed E-state index contributed by atoms with van der Waals surface area (Å²) in [5, 5.41) is 0.390. The summed E-state index contributed by atoms with van der Waals surface area (Å²) < 4.78 is 0. The molecular formula is C12H9ClN2O. The Bertz CT molecular complexity index is 499. The zero-order valence-corrected chi connectivity index (χ0v) is 9.19. The topological polar surface area (TPSA) is 42.9 Å². The van der Waals surface area contributed by atoms with Gasteiger partial charge in [-0.05, 0) is 29.8 Å². The lowest BCUT2D eigenvalue weighted by Crippen LogP contribution is -2.06. The second-order valence-corrected chi connectivity index (χ2v) is 3.70. The molecular weight excluding hydrogens is 224 g/mol. The minimum atomic E-state index is -0.0863. The molecule has 0 aliphatic heterocycles. The van der Waals surface area contributed by atoms with Gasteiger partial charge in [-0.15, -0.1) is 0 Å². The van der Waals surface area contributed by atoms with Gasteiger partial charge in [0, 0.05) is 25.0 Å². The summed E-state index contributed by atoms with van der Waals surface area (Å²) in [6.07, 6.45) is 5.16. The molecule has 2 aromatic heterocycles. The number of ketones is 1. The van der Waals surface area contributed by atoms with Crippen LogP contribution in [-0.4, -0.2) is 15.8 Å².